The van der Waals surface area contributed by atoms with Crippen LogP contribution < -0.4 is 0 Å². The molecule has 110 valence electrons. The van der Waals surface area contributed by atoms with Crippen molar-refractivity contribution in [2.75, 3.05) is 19.6 Å². The Morgan fingerprint density at radius 3 is 2.55 bits per heavy atom. The fourth-order valence-corrected chi connectivity index (χ4v) is 4.01. The molecule has 1 saturated carbocycles. The van der Waals surface area contributed by atoms with Crippen molar-refractivity contribution in [1.82, 2.24) is 4.90 Å². The molecule has 4 unspecified atom stereocenters. The molecule has 20 heavy (non-hydrogen) atoms. The molecule has 2 aliphatic rings. The molecule has 2 nitrogen and oxygen atoms in total. The highest BCUT2D eigenvalue weighted by Crippen LogP contribution is 2.38. The van der Waals surface area contributed by atoms with Crippen LogP contribution in [0.25, 0.3) is 0 Å². The zero-order chi connectivity index (χ0) is 14.1. The molecule has 1 aliphatic heterocycles. The summed E-state index contributed by atoms with van der Waals surface area (Å²) in [5.41, 5.74) is 0.430. The van der Waals surface area contributed by atoms with Crippen LogP contribution in [0.1, 0.15) is 37.9 Å². The third-order valence-electron chi connectivity index (χ3n) is 5.11. The van der Waals surface area contributed by atoms with Gasteiger partial charge in [0.15, 0.2) is 0 Å². The van der Waals surface area contributed by atoms with E-state index >= 15 is 0 Å². The van der Waals surface area contributed by atoms with E-state index in [0.29, 0.717) is 5.56 Å². The number of fused-ring (bicyclic) bond motifs is 1. The molecule has 0 amide bonds. The van der Waals surface area contributed by atoms with Gasteiger partial charge in [-0.2, -0.15) is 0 Å². The summed E-state index contributed by atoms with van der Waals surface area (Å²) in [6.45, 7) is 5.21. The summed E-state index contributed by atoms with van der Waals surface area (Å²) in [6.07, 6.45) is 3.41. The molecule has 1 heterocycles. The Hall–Kier alpha value is -0.930. The lowest BCUT2D eigenvalue weighted by atomic mass is 9.96. The molecule has 1 aromatic carbocycles. The van der Waals surface area contributed by atoms with E-state index in [1.807, 2.05) is 6.92 Å². The van der Waals surface area contributed by atoms with Crippen molar-refractivity contribution in [1.29, 1.82) is 0 Å². The van der Waals surface area contributed by atoms with Crippen LogP contribution in [0.4, 0.5) is 4.39 Å². The van der Waals surface area contributed by atoms with Gasteiger partial charge in [0.05, 0.1) is 6.10 Å². The molecule has 3 heteroatoms. The normalized spacial score (nSPS) is 29.4. The van der Waals surface area contributed by atoms with E-state index in [2.05, 4.69) is 4.90 Å². The van der Waals surface area contributed by atoms with E-state index in [4.69, 9.17) is 0 Å². The van der Waals surface area contributed by atoms with E-state index in [1.165, 1.54) is 38.4 Å². The van der Waals surface area contributed by atoms with Crippen LogP contribution in [0, 0.1) is 23.6 Å². The van der Waals surface area contributed by atoms with Crippen LogP contribution in [0.5, 0.6) is 0 Å². The van der Waals surface area contributed by atoms with Gasteiger partial charge in [0.25, 0.3) is 0 Å². The van der Waals surface area contributed by atoms with Gasteiger partial charge in [0.1, 0.15) is 5.82 Å². The Bertz CT molecular complexity index is 452. The van der Waals surface area contributed by atoms with Crippen molar-refractivity contribution in [3.05, 3.63) is 35.6 Å². The fraction of sp³-hybridized carbons (Fsp3) is 0.647. The van der Waals surface area contributed by atoms with Crippen molar-refractivity contribution in [2.24, 2.45) is 17.8 Å². The van der Waals surface area contributed by atoms with Crippen molar-refractivity contribution in [3.8, 4) is 0 Å². The maximum atomic E-state index is 13.7. The number of nitrogens with zero attached hydrogens (tertiary/aromatic N) is 1. The molecule has 0 aromatic heterocycles. The topological polar surface area (TPSA) is 23.5 Å². The zero-order valence-corrected chi connectivity index (χ0v) is 12.1. The summed E-state index contributed by atoms with van der Waals surface area (Å²) in [6, 6.07) is 6.56. The van der Waals surface area contributed by atoms with Crippen LogP contribution in [-0.4, -0.2) is 29.6 Å². The van der Waals surface area contributed by atoms with Crippen molar-refractivity contribution in [3.63, 3.8) is 0 Å². The lowest BCUT2D eigenvalue weighted by Gasteiger charge is -2.25. The zero-order valence-electron chi connectivity index (χ0n) is 12.1. The number of likely N-dealkylation sites (tertiary alicyclic amines) is 1. The standard InChI is InChI=1S/C17H24FNO/c1-12(17(20)15-7-2-3-8-16(15)18)9-19-10-13-5-4-6-14(13)11-19/h2-3,7-8,12-14,17,20H,4-6,9-11H2,1H3. The van der Waals surface area contributed by atoms with Crippen molar-refractivity contribution in [2.45, 2.75) is 32.3 Å². The minimum absolute atomic E-state index is 0.0609. The molecule has 0 bridgehead atoms. The first-order chi connectivity index (χ1) is 9.65. The molecule has 4 atom stereocenters. The smallest absolute Gasteiger partial charge is 0.129 e. The average Bonchev–Trinajstić information content (AvgIpc) is 2.99. The SMILES string of the molecule is CC(CN1CC2CCCC2C1)C(O)c1ccccc1F. The van der Waals surface area contributed by atoms with Gasteiger partial charge in [-0.1, -0.05) is 31.5 Å². The van der Waals surface area contributed by atoms with E-state index < -0.39 is 6.10 Å². The second-order valence-electron chi connectivity index (χ2n) is 6.61. The number of halogens is 1. The second-order valence-corrected chi connectivity index (χ2v) is 6.61. The lowest BCUT2D eigenvalue weighted by Crippen LogP contribution is -2.30. The first-order valence-electron chi connectivity index (χ1n) is 7.80. The second kappa shape index (κ2) is 5.82. The maximum Gasteiger partial charge on any atom is 0.129 e. The van der Waals surface area contributed by atoms with Crippen molar-refractivity contribution < 1.29 is 9.50 Å². The van der Waals surface area contributed by atoms with Gasteiger partial charge in [-0.05, 0) is 36.7 Å². The predicted molar refractivity (Wildman–Crippen MR) is 77.8 cm³/mol. The predicted octanol–water partition coefficient (Wildman–Crippen LogP) is 3.23. The summed E-state index contributed by atoms with van der Waals surface area (Å²) < 4.78 is 13.7. The summed E-state index contributed by atoms with van der Waals surface area (Å²) >= 11 is 0. The maximum absolute atomic E-state index is 13.7. The molecule has 2 fully saturated rings. The Kier molecular flexibility index (Phi) is 4.08. The van der Waals surface area contributed by atoms with Crippen LogP contribution in [0.15, 0.2) is 24.3 Å². The minimum atomic E-state index is -0.711. The first-order valence-corrected chi connectivity index (χ1v) is 7.80. The lowest BCUT2D eigenvalue weighted by molar-refractivity contribution is 0.0894. The number of hydrogen-bond donors (Lipinski definition) is 1. The van der Waals surface area contributed by atoms with Gasteiger partial charge in [-0.3, -0.25) is 0 Å². The Morgan fingerprint density at radius 1 is 1.25 bits per heavy atom. The van der Waals surface area contributed by atoms with Crippen LogP contribution >= 0.6 is 0 Å². The molecule has 0 radical (unpaired) electrons. The molecule has 1 aromatic rings. The van der Waals surface area contributed by atoms with Gasteiger partial charge in [-0.25, -0.2) is 4.39 Å². The third-order valence-corrected chi connectivity index (χ3v) is 5.11. The largest absolute Gasteiger partial charge is 0.388 e. The fourth-order valence-electron chi connectivity index (χ4n) is 4.01. The van der Waals surface area contributed by atoms with Crippen LogP contribution in [-0.2, 0) is 0 Å². The minimum Gasteiger partial charge on any atom is -0.388 e. The summed E-state index contributed by atoms with van der Waals surface area (Å²) in [5.74, 6) is 1.50. The molecule has 0 spiro atoms. The molecular weight excluding hydrogens is 253 g/mol. The number of aliphatic hydroxyl groups is 1. The highest BCUT2D eigenvalue weighted by Gasteiger charge is 2.36. The average molecular weight is 277 g/mol. The van der Waals surface area contributed by atoms with Gasteiger partial charge in [0.2, 0.25) is 0 Å². The monoisotopic (exact) mass is 277 g/mol. The summed E-state index contributed by atoms with van der Waals surface area (Å²) in [7, 11) is 0. The number of aliphatic hydroxyl groups excluding tert-OH is 1. The van der Waals surface area contributed by atoms with Crippen LogP contribution in [0.2, 0.25) is 0 Å². The van der Waals surface area contributed by atoms with Gasteiger partial charge >= 0.3 is 0 Å². The Balaban J connectivity index is 1.59. The van der Waals surface area contributed by atoms with E-state index in [1.54, 1.807) is 18.2 Å². The highest BCUT2D eigenvalue weighted by molar-refractivity contribution is 5.20. The third kappa shape index (κ3) is 2.75. The molecule has 1 aliphatic carbocycles. The summed E-state index contributed by atoms with van der Waals surface area (Å²) in [4.78, 5) is 2.46. The van der Waals surface area contributed by atoms with Gasteiger partial charge in [-0.15, -0.1) is 0 Å². The van der Waals surface area contributed by atoms with Crippen LogP contribution in [0.3, 0.4) is 0 Å². The van der Waals surface area contributed by atoms with E-state index in [-0.39, 0.29) is 11.7 Å². The first kappa shape index (κ1) is 14.0. The van der Waals surface area contributed by atoms with E-state index in [0.717, 1.165) is 18.4 Å². The Morgan fingerprint density at radius 2 is 1.90 bits per heavy atom. The number of hydrogen-bond acceptors (Lipinski definition) is 2. The number of rotatable bonds is 4. The molecule has 1 saturated heterocycles. The molecular formula is C17H24FNO. The van der Waals surface area contributed by atoms with E-state index in [9.17, 15) is 9.50 Å². The molecule has 3 rings (SSSR count). The highest BCUT2D eigenvalue weighted by atomic mass is 19.1. The molecule has 1 N–H and O–H groups in total. The number of benzene rings is 1. The van der Waals surface area contributed by atoms with Crippen molar-refractivity contribution >= 4 is 0 Å². The Labute approximate surface area is 120 Å². The van der Waals surface area contributed by atoms with Gasteiger partial charge < -0.3 is 10.0 Å². The van der Waals surface area contributed by atoms with Gasteiger partial charge in [0, 0.05) is 25.2 Å². The quantitative estimate of drug-likeness (QED) is 0.913. The summed E-state index contributed by atoms with van der Waals surface area (Å²) in [5, 5.41) is 10.4.